The first-order chi connectivity index (χ1) is 10.2. The van der Waals surface area contributed by atoms with Crippen LogP contribution in [0.5, 0.6) is 0 Å². The van der Waals surface area contributed by atoms with Crippen LogP contribution in [0.2, 0.25) is 0 Å². The summed E-state index contributed by atoms with van der Waals surface area (Å²) < 4.78 is 0. The van der Waals surface area contributed by atoms with E-state index in [2.05, 4.69) is 21.2 Å². The molecule has 112 valence electrons. The van der Waals surface area contributed by atoms with Crippen LogP contribution in [0.1, 0.15) is 51.6 Å². The van der Waals surface area contributed by atoms with E-state index < -0.39 is 0 Å². The Morgan fingerprint density at radius 2 is 2.14 bits per heavy atom. The van der Waals surface area contributed by atoms with Crippen molar-refractivity contribution >= 4 is 17.2 Å². The van der Waals surface area contributed by atoms with Gasteiger partial charge in [-0.2, -0.15) is 5.10 Å². The minimum absolute atomic E-state index is 0.0724. The molecular weight excluding hydrogens is 284 g/mol. The minimum Gasteiger partial charge on any atom is -0.333 e. The van der Waals surface area contributed by atoms with Crippen LogP contribution in [0, 0.1) is 0 Å². The number of carbonyl (C=O) groups excluding carboxylic acids is 1. The van der Waals surface area contributed by atoms with Gasteiger partial charge < -0.3 is 4.90 Å². The molecule has 1 aliphatic rings. The summed E-state index contributed by atoms with van der Waals surface area (Å²) in [5.41, 5.74) is 1.39. The second-order valence-electron chi connectivity index (χ2n) is 5.57. The van der Waals surface area contributed by atoms with Gasteiger partial charge in [0.2, 0.25) is 0 Å². The number of rotatable bonds is 3. The number of hydrogen-bond donors (Lipinski definition) is 1. The Hall–Kier alpha value is -1.69. The van der Waals surface area contributed by atoms with Crippen LogP contribution in [0.3, 0.4) is 0 Å². The Kier molecular flexibility index (Phi) is 4.34. The van der Waals surface area contributed by atoms with E-state index in [4.69, 9.17) is 0 Å². The standard InChI is InChI=1S/C15H20N4OS/c1-19(9-14-16-10-17-18-14)15(20)13-8-11-6-4-2-3-5-7-12(11)21-13/h8,10H,2-7,9H2,1H3,(H,16,17,18). The summed E-state index contributed by atoms with van der Waals surface area (Å²) in [4.78, 5) is 20.6. The molecule has 3 rings (SSSR count). The third kappa shape index (κ3) is 3.32. The average Bonchev–Trinajstić information content (AvgIpc) is 3.08. The maximum Gasteiger partial charge on any atom is 0.264 e. The van der Waals surface area contributed by atoms with Crippen molar-refractivity contribution in [2.24, 2.45) is 0 Å². The number of amides is 1. The van der Waals surface area contributed by atoms with Crippen molar-refractivity contribution in [3.8, 4) is 0 Å². The van der Waals surface area contributed by atoms with Gasteiger partial charge >= 0.3 is 0 Å². The molecule has 0 unspecified atom stereocenters. The van der Waals surface area contributed by atoms with Crippen molar-refractivity contribution in [2.45, 2.75) is 45.1 Å². The summed E-state index contributed by atoms with van der Waals surface area (Å²) in [7, 11) is 1.81. The molecule has 0 bridgehead atoms. The molecule has 2 aromatic heterocycles. The van der Waals surface area contributed by atoms with E-state index in [-0.39, 0.29) is 5.91 Å². The van der Waals surface area contributed by atoms with Crippen LogP contribution in [0.4, 0.5) is 0 Å². The topological polar surface area (TPSA) is 61.9 Å². The lowest BCUT2D eigenvalue weighted by Crippen LogP contribution is -2.26. The first-order valence-corrected chi connectivity index (χ1v) is 8.27. The highest BCUT2D eigenvalue weighted by atomic mass is 32.1. The number of aromatic nitrogens is 3. The zero-order valence-electron chi connectivity index (χ0n) is 12.3. The highest BCUT2D eigenvalue weighted by Crippen LogP contribution is 2.29. The Labute approximate surface area is 128 Å². The largest absolute Gasteiger partial charge is 0.333 e. The summed E-state index contributed by atoms with van der Waals surface area (Å²) in [6.45, 7) is 0.460. The SMILES string of the molecule is CN(Cc1ncn[nH]1)C(=O)c1cc2c(s1)CCCCCC2. The van der Waals surface area contributed by atoms with Crippen LogP contribution in [-0.2, 0) is 19.4 Å². The maximum atomic E-state index is 12.5. The predicted octanol–water partition coefficient (Wildman–Crippen LogP) is 2.80. The number of thiophene rings is 1. The molecular formula is C15H20N4OS. The van der Waals surface area contributed by atoms with Gasteiger partial charge in [-0.05, 0) is 37.3 Å². The van der Waals surface area contributed by atoms with E-state index in [1.165, 1.54) is 42.5 Å². The number of nitrogens with zero attached hydrogens (tertiary/aromatic N) is 3. The van der Waals surface area contributed by atoms with Gasteiger partial charge in [0.1, 0.15) is 12.2 Å². The number of aromatic amines is 1. The van der Waals surface area contributed by atoms with Gasteiger partial charge in [-0.1, -0.05) is 12.8 Å². The molecule has 0 radical (unpaired) electrons. The van der Waals surface area contributed by atoms with Crippen LogP contribution < -0.4 is 0 Å². The summed E-state index contributed by atoms with van der Waals surface area (Å²) >= 11 is 1.67. The van der Waals surface area contributed by atoms with Crippen molar-refractivity contribution < 1.29 is 4.79 Å². The quantitative estimate of drug-likeness (QED) is 0.948. The predicted molar refractivity (Wildman–Crippen MR) is 82.4 cm³/mol. The van der Waals surface area contributed by atoms with Crippen LogP contribution in [0.25, 0.3) is 0 Å². The van der Waals surface area contributed by atoms with Crippen LogP contribution in [-0.4, -0.2) is 33.0 Å². The summed E-state index contributed by atoms with van der Waals surface area (Å²) in [5, 5.41) is 6.60. The highest BCUT2D eigenvalue weighted by Gasteiger charge is 2.19. The van der Waals surface area contributed by atoms with E-state index in [0.717, 1.165) is 17.7 Å². The summed E-state index contributed by atoms with van der Waals surface area (Å²) in [5.74, 6) is 0.781. The van der Waals surface area contributed by atoms with E-state index in [1.807, 2.05) is 7.05 Å². The number of fused-ring (bicyclic) bond motifs is 1. The maximum absolute atomic E-state index is 12.5. The monoisotopic (exact) mass is 304 g/mol. The molecule has 2 aromatic rings. The lowest BCUT2D eigenvalue weighted by atomic mass is 10.00. The molecule has 0 fully saturated rings. The van der Waals surface area contributed by atoms with Crippen LogP contribution >= 0.6 is 11.3 Å². The molecule has 0 spiro atoms. The fourth-order valence-electron chi connectivity index (χ4n) is 2.74. The molecule has 2 heterocycles. The first kappa shape index (κ1) is 14.3. The van der Waals surface area contributed by atoms with Crippen molar-refractivity contribution in [2.75, 3.05) is 7.05 Å². The lowest BCUT2D eigenvalue weighted by molar-refractivity contribution is 0.0786. The fraction of sp³-hybridized carbons (Fsp3) is 0.533. The molecule has 21 heavy (non-hydrogen) atoms. The molecule has 5 nitrogen and oxygen atoms in total. The van der Waals surface area contributed by atoms with Gasteiger partial charge in [-0.15, -0.1) is 11.3 Å². The second-order valence-corrected chi connectivity index (χ2v) is 6.70. The number of hydrogen-bond acceptors (Lipinski definition) is 4. The third-order valence-corrected chi connectivity index (χ3v) is 5.13. The third-order valence-electron chi connectivity index (χ3n) is 3.91. The lowest BCUT2D eigenvalue weighted by Gasteiger charge is -2.14. The highest BCUT2D eigenvalue weighted by molar-refractivity contribution is 7.14. The van der Waals surface area contributed by atoms with E-state index in [9.17, 15) is 4.79 Å². The number of aryl methyl sites for hydroxylation is 2. The number of carbonyl (C=O) groups is 1. The molecule has 0 saturated heterocycles. The fourth-order valence-corrected chi connectivity index (χ4v) is 3.99. The van der Waals surface area contributed by atoms with Gasteiger partial charge in [0.25, 0.3) is 5.91 Å². The zero-order valence-corrected chi connectivity index (χ0v) is 13.1. The second kappa shape index (κ2) is 6.39. The van der Waals surface area contributed by atoms with Gasteiger partial charge in [0.15, 0.2) is 0 Å². The van der Waals surface area contributed by atoms with Crippen LogP contribution in [0.15, 0.2) is 12.4 Å². The molecule has 0 aromatic carbocycles. The van der Waals surface area contributed by atoms with E-state index >= 15 is 0 Å². The normalized spacial score (nSPS) is 15.1. The Morgan fingerprint density at radius 3 is 2.90 bits per heavy atom. The Bertz CT molecular complexity index is 580. The zero-order chi connectivity index (χ0) is 14.7. The molecule has 0 saturated carbocycles. The molecule has 1 amide bonds. The van der Waals surface area contributed by atoms with Crippen molar-refractivity contribution in [1.82, 2.24) is 20.1 Å². The Morgan fingerprint density at radius 1 is 1.33 bits per heavy atom. The molecule has 1 aliphatic carbocycles. The molecule has 6 heteroatoms. The van der Waals surface area contributed by atoms with Gasteiger partial charge in [-0.25, -0.2) is 4.98 Å². The smallest absolute Gasteiger partial charge is 0.264 e. The first-order valence-electron chi connectivity index (χ1n) is 7.45. The average molecular weight is 304 g/mol. The summed E-state index contributed by atoms with van der Waals surface area (Å²) in [6, 6.07) is 2.10. The van der Waals surface area contributed by atoms with Crippen molar-refractivity contribution in [3.63, 3.8) is 0 Å². The van der Waals surface area contributed by atoms with Gasteiger partial charge in [0, 0.05) is 11.9 Å². The van der Waals surface area contributed by atoms with E-state index in [1.54, 1.807) is 16.2 Å². The van der Waals surface area contributed by atoms with Gasteiger partial charge in [-0.3, -0.25) is 9.89 Å². The van der Waals surface area contributed by atoms with Crippen molar-refractivity contribution in [1.29, 1.82) is 0 Å². The minimum atomic E-state index is 0.0724. The number of nitrogens with one attached hydrogen (secondary N) is 1. The molecule has 1 N–H and O–H groups in total. The van der Waals surface area contributed by atoms with E-state index in [0.29, 0.717) is 12.4 Å². The van der Waals surface area contributed by atoms with Crippen molar-refractivity contribution in [3.05, 3.63) is 33.5 Å². The summed E-state index contributed by atoms with van der Waals surface area (Å²) in [6.07, 6.45) is 8.81. The van der Waals surface area contributed by atoms with Gasteiger partial charge in [0.05, 0.1) is 11.4 Å². The molecule has 0 atom stereocenters. The molecule has 0 aliphatic heterocycles. The number of H-pyrrole nitrogens is 1. The Balaban J connectivity index is 1.73.